The lowest BCUT2D eigenvalue weighted by atomic mass is 9.90. The zero-order valence-corrected chi connectivity index (χ0v) is 50.0. The summed E-state index contributed by atoms with van der Waals surface area (Å²) in [5.41, 5.74) is 24.7. The molecule has 16 aromatic rings. The smallest absolute Gasteiger partial charge is 0.00928 e. The van der Waals surface area contributed by atoms with E-state index in [1.54, 1.807) is 0 Å². The molecule has 0 saturated heterocycles. The zero-order chi connectivity index (χ0) is 59.2. The fraction of sp³-hybridized carbons (Fsp3) is 0.0562. The summed E-state index contributed by atoms with van der Waals surface area (Å²) >= 11 is 0. The molecule has 0 nitrogen and oxygen atoms in total. The van der Waals surface area contributed by atoms with E-state index in [2.05, 4.69) is 343 Å². The van der Waals surface area contributed by atoms with Crippen molar-refractivity contribution in [3.63, 3.8) is 0 Å². The van der Waals surface area contributed by atoms with Crippen LogP contribution in [0.5, 0.6) is 0 Å². The maximum Gasteiger partial charge on any atom is -0.00928 e. The van der Waals surface area contributed by atoms with Crippen molar-refractivity contribution in [2.45, 2.75) is 35.1 Å². The Hall–Kier alpha value is -10.9. The topological polar surface area (TPSA) is 0 Å². The Kier molecular flexibility index (Phi) is 14.9. The second kappa shape index (κ2) is 23.7. The van der Waals surface area contributed by atoms with Gasteiger partial charge in [0, 0.05) is 0 Å². The first-order valence-electron chi connectivity index (χ1n) is 30.7. The van der Waals surface area contributed by atoms with Gasteiger partial charge in [-0.05, 0) is 242 Å². The van der Waals surface area contributed by atoms with Gasteiger partial charge < -0.3 is 0 Å². The summed E-state index contributed by atoms with van der Waals surface area (Å²) < 4.78 is 0. The van der Waals surface area contributed by atoms with Crippen LogP contribution in [0.4, 0.5) is 0 Å². The Balaban J connectivity index is 0.000000154. The summed E-state index contributed by atoms with van der Waals surface area (Å²) in [5.74, 6) is 0. The highest BCUT2D eigenvalue weighted by Crippen LogP contribution is 2.42. The molecular formula is C89H68. The van der Waals surface area contributed by atoms with Gasteiger partial charge in [0.15, 0.2) is 0 Å². The largest absolute Gasteiger partial charge is 0.0776 e. The lowest BCUT2D eigenvalue weighted by molar-refractivity contribution is 1.45. The summed E-state index contributed by atoms with van der Waals surface area (Å²) in [7, 11) is 0. The van der Waals surface area contributed by atoms with E-state index in [-0.39, 0.29) is 7.43 Å². The Morgan fingerprint density at radius 2 is 0.326 bits per heavy atom. The SMILES string of the molecule is C.Cc1ccc(-c2cc(-c3ccc(C)cc3)cc(-c3cccc(-c4ccc5c6ccccc6c6ccccc6c5c4)c3)c2)cc1.Cc1cccc(-c2cc(-c3cccc(C)c3)cc(-c3cccc(-c4ccc5c6ccccc6c6ccccc6c5c4)c3)c2)c1. The standard InChI is InChI=1S/2C44H32.CH4/c1-29-10-7-12-31(22-29)36-25-37(32-13-8-11-30(2)23-32)27-38(26-36)34-15-9-14-33(24-34)35-20-21-43-41-18-4-3-16-39(41)40-17-5-6-19-42(40)44(43)28-35;1-29-14-18-31(19-15-29)36-25-37(32-20-16-30(2)17-21-32)27-38(26-36)34-9-7-8-33(24-34)35-22-23-43-41-12-4-3-10-39(41)40-11-5-6-13-42(40)44(43)28-35;/h2*3-28H,1-2H3;1H4. The van der Waals surface area contributed by atoms with Crippen LogP contribution in [0.1, 0.15) is 29.7 Å². The van der Waals surface area contributed by atoms with Crippen molar-refractivity contribution < 1.29 is 0 Å². The zero-order valence-electron chi connectivity index (χ0n) is 50.0. The molecule has 0 bridgehead atoms. The first-order chi connectivity index (χ1) is 43.2. The molecule has 0 aliphatic rings. The van der Waals surface area contributed by atoms with Gasteiger partial charge in [-0.25, -0.2) is 0 Å². The summed E-state index contributed by atoms with van der Waals surface area (Å²) in [6, 6.07) is 116. The van der Waals surface area contributed by atoms with Gasteiger partial charge in [-0.1, -0.05) is 284 Å². The lowest BCUT2D eigenvalue weighted by Gasteiger charge is -2.14. The van der Waals surface area contributed by atoms with Crippen molar-refractivity contribution in [1.29, 1.82) is 0 Å². The van der Waals surface area contributed by atoms with Crippen molar-refractivity contribution >= 4 is 64.6 Å². The predicted molar refractivity (Wildman–Crippen MR) is 387 cm³/mol. The third kappa shape index (κ3) is 11.0. The van der Waals surface area contributed by atoms with Crippen molar-refractivity contribution in [1.82, 2.24) is 0 Å². The van der Waals surface area contributed by atoms with Crippen LogP contribution < -0.4 is 0 Å². The number of fused-ring (bicyclic) bond motifs is 12. The normalized spacial score (nSPS) is 11.3. The summed E-state index contributed by atoms with van der Waals surface area (Å²) in [6.07, 6.45) is 0. The van der Waals surface area contributed by atoms with Crippen LogP contribution in [0.2, 0.25) is 0 Å². The van der Waals surface area contributed by atoms with Gasteiger partial charge in [-0.15, -0.1) is 0 Å². The Labute approximate surface area is 523 Å². The molecule has 0 heteroatoms. The Morgan fingerprint density at radius 3 is 0.618 bits per heavy atom. The van der Waals surface area contributed by atoms with Gasteiger partial charge in [-0.2, -0.15) is 0 Å². The number of hydrogen-bond donors (Lipinski definition) is 0. The lowest BCUT2D eigenvalue weighted by Crippen LogP contribution is -1.88. The fourth-order valence-electron chi connectivity index (χ4n) is 13.3. The van der Waals surface area contributed by atoms with Gasteiger partial charge in [-0.3, -0.25) is 0 Å². The van der Waals surface area contributed by atoms with Crippen LogP contribution in [0.25, 0.3) is 154 Å². The minimum Gasteiger partial charge on any atom is -0.0776 e. The second-order valence-electron chi connectivity index (χ2n) is 23.9. The molecule has 0 radical (unpaired) electrons. The Morgan fingerprint density at radius 1 is 0.124 bits per heavy atom. The molecular weight excluding hydrogens is 1070 g/mol. The molecule has 0 aromatic heterocycles. The minimum atomic E-state index is 0. The van der Waals surface area contributed by atoms with Gasteiger partial charge in [0.25, 0.3) is 0 Å². The molecule has 16 rings (SSSR count). The van der Waals surface area contributed by atoms with Gasteiger partial charge in [0.1, 0.15) is 0 Å². The van der Waals surface area contributed by atoms with Gasteiger partial charge in [0.05, 0.1) is 0 Å². The molecule has 0 heterocycles. The highest BCUT2D eigenvalue weighted by molar-refractivity contribution is 6.27. The number of aryl methyl sites for hydroxylation is 4. The maximum absolute atomic E-state index is 2.38. The molecule has 0 N–H and O–H groups in total. The molecule has 89 heavy (non-hydrogen) atoms. The van der Waals surface area contributed by atoms with Gasteiger partial charge in [0.2, 0.25) is 0 Å². The van der Waals surface area contributed by atoms with Crippen LogP contribution in [-0.4, -0.2) is 0 Å². The quantitative estimate of drug-likeness (QED) is 0.133. The van der Waals surface area contributed by atoms with E-state index in [0.717, 1.165) is 0 Å². The molecule has 0 saturated carbocycles. The summed E-state index contributed by atoms with van der Waals surface area (Å²) in [6.45, 7) is 8.60. The van der Waals surface area contributed by atoms with E-state index >= 15 is 0 Å². The van der Waals surface area contributed by atoms with Crippen molar-refractivity contribution in [3.8, 4) is 89.0 Å². The molecule has 0 fully saturated rings. The van der Waals surface area contributed by atoms with Crippen LogP contribution in [0.15, 0.2) is 315 Å². The van der Waals surface area contributed by atoms with Crippen LogP contribution in [0, 0.1) is 27.7 Å². The van der Waals surface area contributed by atoms with Gasteiger partial charge >= 0.3 is 0 Å². The minimum absolute atomic E-state index is 0. The average Bonchev–Trinajstić information content (AvgIpc) is 0.913. The van der Waals surface area contributed by atoms with Crippen LogP contribution in [-0.2, 0) is 0 Å². The molecule has 16 aromatic carbocycles. The number of hydrogen-bond acceptors (Lipinski definition) is 0. The van der Waals surface area contributed by atoms with Crippen molar-refractivity contribution in [3.05, 3.63) is 338 Å². The molecule has 0 aliphatic heterocycles. The fourth-order valence-corrected chi connectivity index (χ4v) is 13.3. The van der Waals surface area contributed by atoms with Crippen molar-refractivity contribution in [2.75, 3.05) is 0 Å². The van der Waals surface area contributed by atoms with E-state index in [9.17, 15) is 0 Å². The van der Waals surface area contributed by atoms with E-state index < -0.39 is 0 Å². The van der Waals surface area contributed by atoms with E-state index in [0.29, 0.717) is 0 Å². The third-order valence-corrected chi connectivity index (χ3v) is 17.9. The Bertz CT molecular complexity index is 5150. The highest BCUT2D eigenvalue weighted by Gasteiger charge is 2.15. The molecule has 0 amide bonds. The molecule has 0 atom stereocenters. The molecule has 0 aliphatic carbocycles. The number of benzene rings is 16. The van der Waals surface area contributed by atoms with E-state index in [1.165, 1.54) is 176 Å². The van der Waals surface area contributed by atoms with Crippen LogP contribution >= 0.6 is 0 Å². The number of rotatable bonds is 8. The second-order valence-corrected chi connectivity index (χ2v) is 23.9. The van der Waals surface area contributed by atoms with E-state index in [4.69, 9.17) is 0 Å². The first-order valence-corrected chi connectivity index (χ1v) is 30.7. The molecule has 424 valence electrons. The predicted octanol–water partition coefficient (Wildman–Crippen LogP) is 25.5. The third-order valence-electron chi connectivity index (χ3n) is 17.9. The first kappa shape index (κ1) is 55.9. The highest BCUT2D eigenvalue weighted by atomic mass is 14.2. The monoisotopic (exact) mass is 1140 g/mol. The summed E-state index contributed by atoms with van der Waals surface area (Å²) in [4.78, 5) is 0. The average molecular weight is 1140 g/mol. The molecule has 0 spiro atoms. The van der Waals surface area contributed by atoms with Crippen LogP contribution in [0.3, 0.4) is 0 Å². The van der Waals surface area contributed by atoms with E-state index in [1.807, 2.05) is 0 Å². The summed E-state index contributed by atoms with van der Waals surface area (Å²) in [5, 5.41) is 15.6. The molecule has 0 unspecified atom stereocenters. The van der Waals surface area contributed by atoms with Crippen molar-refractivity contribution in [2.24, 2.45) is 0 Å². The maximum atomic E-state index is 2.38.